The molecule has 8 aromatic heterocycles. The molecule has 4 aromatic carbocycles. The molecule has 2 aliphatic heterocycles. The topological polar surface area (TPSA) is 268 Å². The van der Waals surface area contributed by atoms with Crippen LogP contribution >= 0.6 is 22.6 Å². The minimum absolute atomic E-state index is 0.147. The average Bonchev–Trinajstić information content (AvgIpc) is 1.70. The Morgan fingerprint density at radius 3 is 1.47 bits per heavy atom. The number of rotatable bonds is 10. The number of pyridine rings is 4. The van der Waals surface area contributed by atoms with Gasteiger partial charge >= 0.3 is 0 Å². The number of furan rings is 2. The first-order chi connectivity index (χ1) is 43.5. The summed E-state index contributed by atoms with van der Waals surface area (Å²) in [5.74, 6) is -0.402. The van der Waals surface area contributed by atoms with Crippen LogP contribution in [0.1, 0.15) is 20.7 Å². The predicted molar refractivity (Wildman–Crippen MR) is 352 cm³/mol. The van der Waals surface area contributed by atoms with E-state index in [4.69, 9.17) is 28.3 Å². The second-order valence-electron chi connectivity index (χ2n) is 21.2. The Kier molecular flexibility index (Phi) is 15.7. The number of ether oxygens (including phenoxy) is 2. The van der Waals surface area contributed by atoms with Crippen LogP contribution in [0.15, 0.2) is 152 Å². The molecule has 2 amide bonds. The fourth-order valence-electron chi connectivity index (χ4n) is 11.2. The van der Waals surface area contributed by atoms with Gasteiger partial charge in [0.05, 0.1) is 68.8 Å². The molecule has 14 rings (SSSR count). The molecule has 0 bridgehead atoms. The molecule has 0 spiro atoms. The standard InChI is InChI=1S/C32H26FN5O6S.C31H24FN5O6S.CH3I/c1-34-32(40)29-20-13-19(22-8-9-26-30(35-22)25-14-18-21(33)6-5-7-23(18)38(25)16-43-26)24(37(3)45(4,41)42)15-27(20)44-31(29)17-10-11-36(2)28(39)12-17;1-33-31(39)28-19-12-18(23(36(2)44(3,40)41)14-26(19)43-30(28)16-9-10-34-27(38)11-16)21-7-8-25-29(35-21)24-13-17-20(32)5-4-6-22(17)37(24)15-42-25;1-2/h5-15H,16H2,1-4H3,(H,34,40);4-14H,15H2,1-3H3,(H,33,39)(H,34,38);1H3. The van der Waals surface area contributed by atoms with E-state index in [0.717, 1.165) is 21.1 Å². The summed E-state index contributed by atoms with van der Waals surface area (Å²) in [6.45, 7) is 0.333. The number of amides is 2. The fraction of sp³-hybridized carbons (Fsp3) is 0.156. The van der Waals surface area contributed by atoms with E-state index in [0.29, 0.717) is 100 Å². The molecular formula is C64H53F2IN10O12S2. The number of aromatic nitrogens is 6. The van der Waals surface area contributed by atoms with E-state index < -0.39 is 31.9 Å². The minimum atomic E-state index is -3.76. The van der Waals surface area contributed by atoms with Crippen molar-refractivity contribution >= 4 is 110 Å². The monoisotopic (exact) mass is 1380 g/mol. The molecule has 2 aliphatic rings. The van der Waals surface area contributed by atoms with Crippen LogP contribution in [0.25, 0.3) is 112 Å². The molecular weight excluding hydrogens is 1330 g/mol. The largest absolute Gasteiger partial charge is 0.470 e. The van der Waals surface area contributed by atoms with E-state index in [1.54, 1.807) is 98.2 Å². The molecule has 0 unspecified atom stereocenters. The van der Waals surface area contributed by atoms with E-state index in [2.05, 4.69) is 38.2 Å². The highest BCUT2D eigenvalue weighted by molar-refractivity contribution is 14.1. The number of H-pyrrole nitrogens is 1. The van der Waals surface area contributed by atoms with Crippen molar-refractivity contribution in [2.24, 2.45) is 7.05 Å². The Morgan fingerprint density at radius 2 is 1.05 bits per heavy atom. The molecule has 0 radical (unpaired) electrons. The highest BCUT2D eigenvalue weighted by Crippen LogP contribution is 2.46. The number of hydrogen-bond acceptors (Lipinski definition) is 14. The quantitative estimate of drug-likeness (QED) is 0.0849. The lowest BCUT2D eigenvalue weighted by atomic mass is 10.0. The van der Waals surface area contributed by atoms with E-state index in [1.807, 2.05) is 14.1 Å². The van der Waals surface area contributed by atoms with Crippen molar-refractivity contribution in [3.63, 3.8) is 0 Å². The smallest absolute Gasteiger partial charge is 0.255 e. The van der Waals surface area contributed by atoms with E-state index in [9.17, 15) is 44.8 Å². The summed E-state index contributed by atoms with van der Waals surface area (Å²) in [5.41, 5.74) is 6.35. The highest BCUT2D eigenvalue weighted by atomic mass is 127. The summed E-state index contributed by atoms with van der Waals surface area (Å²) >= 11 is 2.15. The predicted octanol–water partition coefficient (Wildman–Crippen LogP) is 10.5. The maximum Gasteiger partial charge on any atom is 0.255 e. The Balaban J connectivity index is 0.000000171. The molecule has 91 heavy (non-hydrogen) atoms. The Bertz CT molecular complexity index is 5400. The third kappa shape index (κ3) is 10.7. The van der Waals surface area contributed by atoms with Crippen molar-refractivity contribution in [2.45, 2.75) is 13.5 Å². The summed E-state index contributed by atoms with van der Waals surface area (Å²) in [7, 11) is -0.139. The fourth-order valence-corrected chi connectivity index (χ4v) is 12.2. The number of aryl methyl sites for hydroxylation is 1. The van der Waals surface area contributed by atoms with Crippen LogP contribution < -0.4 is 39.8 Å². The van der Waals surface area contributed by atoms with Gasteiger partial charge in [-0.3, -0.25) is 27.8 Å². The number of carbonyl (C=O) groups is 2. The molecule has 0 saturated carbocycles. The molecule has 0 fully saturated rings. The number of nitrogens with one attached hydrogen (secondary N) is 3. The second-order valence-corrected chi connectivity index (χ2v) is 25.2. The van der Waals surface area contributed by atoms with E-state index in [-0.39, 0.29) is 81.4 Å². The van der Waals surface area contributed by atoms with Crippen molar-refractivity contribution in [2.75, 3.05) is 54.2 Å². The van der Waals surface area contributed by atoms with Crippen molar-refractivity contribution in [3.05, 3.63) is 177 Å². The van der Waals surface area contributed by atoms with Crippen molar-refractivity contribution in [1.82, 2.24) is 39.3 Å². The average molecular weight is 1380 g/mol. The number of aromatic amines is 1. The Morgan fingerprint density at radius 1 is 0.604 bits per heavy atom. The zero-order chi connectivity index (χ0) is 64.7. The lowest BCUT2D eigenvalue weighted by Gasteiger charge is -2.23. The number of nitrogens with zero attached hydrogens (tertiary/aromatic N) is 7. The summed E-state index contributed by atoms with van der Waals surface area (Å²) < 4.78 is 112. The van der Waals surface area contributed by atoms with Crippen LogP contribution in [0.4, 0.5) is 20.2 Å². The van der Waals surface area contributed by atoms with E-state index >= 15 is 0 Å². The van der Waals surface area contributed by atoms with Gasteiger partial charge in [-0.25, -0.2) is 35.6 Å². The first kappa shape index (κ1) is 61.1. The minimum Gasteiger partial charge on any atom is -0.470 e. The Hall–Kier alpha value is -10.1. The zero-order valence-corrected chi connectivity index (χ0v) is 53.4. The number of anilines is 2. The van der Waals surface area contributed by atoms with Gasteiger partial charge in [0, 0.05) is 116 Å². The lowest BCUT2D eigenvalue weighted by molar-refractivity contribution is 0.0956. The Labute approximate surface area is 530 Å². The molecule has 0 saturated heterocycles. The number of sulfonamides is 2. The first-order valence-corrected chi connectivity index (χ1v) is 33.5. The summed E-state index contributed by atoms with van der Waals surface area (Å²) in [5, 5.41) is 6.86. The SMILES string of the molecule is CI.CNC(=O)c1c(-c2cc[nH]c(=O)c2)oc2cc(N(C)S(C)(=O)=O)c(-c3ccc4c(n3)-c3cc5c(F)cccc5n3CO4)cc12.CNC(=O)c1c(-c2ccn(C)c(=O)c2)oc2cc(N(C)S(C)(=O)=O)c(-c3ccc4c(n3)-c3cc5c(F)cccc5n3CO4)cc12. The van der Waals surface area contributed by atoms with Gasteiger partial charge in [-0.05, 0) is 89.9 Å². The van der Waals surface area contributed by atoms with Crippen LogP contribution in [-0.2, 0) is 40.6 Å². The maximum absolute atomic E-state index is 14.7. The first-order valence-electron chi connectivity index (χ1n) is 27.6. The molecule has 10 heterocycles. The number of alkyl halides is 1. The zero-order valence-electron chi connectivity index (χ0n) is 49.6. The third-order valence-corrected chi connectivity index (χ3v) is 18.2. The molecule has 22 nitrogen and oxygen atoms in total. The van der Waals surface area contributed by atoms with Gasteiger partial charge in [0.1, 0.15) is 57.2 Å². The van der Waals surface area contributed by atoms with Gasteiger partial charge in [-0.1, -0.05) is 34.7 Å². The van der Waals surface area contributed by atoms with Gasteiger partial charge in [-0.15, -0.1) is 0 Å². The van der Waals surface area contributed by atoms with Crippen molar-refractivity contribution in [3.8, 4) is 79.4 Å². The number of benzene rings is 4. The summed E-state index contributed by atoms with van der Waals surface area (Å²) in [6.07, 6.45) is 5.15. The summed E-state index contributed by atoms with van der Waals surface area (Å²) in [6, 6.07) is 32.2. The molecule has 27 heteroatoms. The molecule has 3 N–H and O–H groups in total. The lowest BCUT2D eigenvalue weighted by Crippen LogP contribution is -2.25. The van der Waals surface area contributed by atoms with E-state index in [1.165, 1.54) is 75.4 Å². The van der Waals surface area contributed by atoms with Crippen LogP contribution in [0, 0.1) is 11.6 Å². The van der Waals surface area contributed by atoms with Gasteiger partial charge in [0.15, 0.2) is 13.5 Å². The maximum atomic E-state index is 14.7. The number of hydrogen-bond donors (Lipinski definition) is 3. The third-order valence-electron chi connectivity index (χ3n) is 15.8. The van der Waals surface area contributed by atoms with Crippen LogP contribution in [-0.4, -0.2) is 103 Å². The number of fused-ring (bicyclic) bond motifs is 12. The number of halogens is 3. The van der Waals surface area contributed by atoms with Crippen LogP contribution in [0.5, 0.6) is 11.5 Å². The molecule has 464 valence electrons. The summed E-state index contributed by atoms with van der Waals surface area (Å²) in [4.78, 5) is 65.3. The highest BCUT2D eigenvalue weighted by Gasteiger charge is 2.32. The molecule has 0 atom stereocenters. The van der Waals surface area contributed by atoms with Gasteiger partial charge in [0.2, 0.25) is 25.6 Å². The van der Waals surface area contributed by atoms with Crippen LogP contribution in [0.2, 0.25) is 0 Å². The van der Waals surface area contributed by atoms with Crippen molar-refractivity contribution < 1.29 is 53.5 Å². The van der Waals surface area contributed by atoms with Crippen molar-refractivity contribution in [1.29, 1.82) is 0 Å². The number of carbonyl (C=O) groups excluding carboxylic acids is 2. The molecule has 12 aromatic rings. The van der Waals surface area contributed by atoms with Gasteiger partial charge in [0.25, 0.3) is 17.4 Å². The molecule has 0 aliphatic carbocycles. The van der Waals surface area contributed by atoms with Gasteiger partial charge < -0.3 is 47.6 Å². The second kappa shape index (κ2) is 23.3. The van der Waals surface area contributed by atoms with Crippen LogP contribution in [0.3, 0.4) is 0 Å². The van der Waals surface area contributed by atoms with Gasteiger partial charge in [-0.2, -0.15) is 0 Å². The normalized spacial score (nSPS) is 12.3.